The molecule has 2 aliphatic rings. The van der Waals surface area contributed by atoms with Crippen LogP contribution in [0.4, 0.5) is 10.5 Å². The highest BCUT2D eigenvalue weighted by molar-refractivity contribution is 6.11. The standard InChI is InChI=1S/C22H30N4O4/c1-5-21(3,4)24-18(28)15-8-10-16(11-9-15)23-17(27)14(2)26-19(29)22(25-20(26)30)12-6-7-13-22/h8-11,14H,5-7,12-13H2,1-4H3,(H,23,27)(H,24,28)(H,25,30). The fourth-order valence-corrected chi connectivity index (χ4v) is 3.85. The fraction of sp³-hybridized carbons (Fsp3) is 0.545. The van der Waals surface area contributed by atoms with Gasteiger partial charge in [0.15, 0.2) is 0 Å². The molecule has 0 bridgehead atoms. The minimum Gasteiger partial charge on any atom is -0.347 e. The highest BCUT2D eigenvalue weighted by atomic mass is 16.2. The zero-order chi connectivity index (χ0) is 22.1. The Kier molecular flexibility index (Phi) is 5.87. The van der Waals surface area contributed by atoms with Crippen LogP contribution in [-0.4, -0.2) is 45.8 Å². The summed E-state index contributed by atoms with van der Waals surface area (Å²) in [5.41, 5.74) is -0.174. The van der Waals surface area contributed by atoms with Crippen molar-refractivity contribution in [3.05, 3.63) is 29.8 Å². The molecular weight excluding hydrogens is 384 g/mol. The molecule has 3 N–H and O–H groups in total. The molecule has 1 heterocycles. The van der Waals surface area contributed by atoms with E-state index in [0.29, 0.717) is 24.1 Å². The molecule has 30 heavy (non-hydrogen) atoms. The van der Waals surface area contributed by atoms with E-state index in [1.165, 1.54) is 6.92 Å². The maximum absolute atomic E-state index is 12.8. The molecule has 5 amide bonds. The van der Waals surface area contributed by atoms with Crippen molar-refractivity contribution in [2.45, 2.75) is 76.9 Å². The molecule has 1 saturated carbocycles. The molecule has 3 rings (SSSR count). The number of nitrogens with one attached hydrogen (secondary N) is 3. The van der Waals surface area contributed by atoms with Crippen LogP contribution < -0.4 is 16.0 Å². The van der Waals surface area contributed by atoms with Gasteiger partial charge in [-0.1, -0.05) is 19.8 Å². The summed E-state index contributed by atoms with van der Waals surface area (Å²) in [5, 5.41) is 8.46. The van der Waals surface area contributed by atoms with Crippen LogP contribution in [0, 0.1) is 0 Å². The van der Waals surface area contributed by atoms with Crippen molar-refractivity contribution in [1.82, 2.24) is 15.5 Å². The van der Waals surface area contributed by atoms with Crippen LogP contribution in [0.25, 0.3) is 0 Å². The Morgan fingerprint density at radius 3 is 2.33 bits per heavy atom. The van der Waals surface area contributed by atoms with Crippen LogP contribution in [0.15, 0.2) is 24.3 Å². The monoisotopic (exact) mass is 414 g/mol. The summed E-state index contributed by atoms with van der Waals surface area (Å²) in [5.74, 6) is -0.967. The van der Waals surface area contributed by atoms with Crippen LogP contribution in [0.2, 0.25) is 0 Å². The minimum absolute atomic E-state index is 0.186. The van der Waals surface area contributed by atoms with Crippen molar-refractivity contribution in [3.8, 4) is 0 Å². The van der Waals surface area contributed by atoms with Crippen molar-refractivity contribution < 1.29 is 19.2 Å². The predicted molar refractivity (Wildman–Crippen MR) is 113 cm³/mol. The Bertz CT molecular complexity index is 856. The molecule has 1 aromatic carbocycles. The topological polar surface area (TPSA) is 108 Å². The van der Waals surface area contributed by atoms with Gasteiger partial charge in [-0.05, 0) is 64.3 Å². The Labute approximate surface area is 176 Å². The molecule has 1 saturated heterocycles. The lowest BCUT2D eigenvalue weighted by Crippen LogP contribution is -2.48. The molecule has 0 radical (unpaired) electrons. The number of imide groups is 1. The maximum Gasteiger partial charge on any atom is 0.325 e. The number of rotatable bonds is 6. The number of urea groups is 1. The largest absolute Gasteiger partial charge is 0.347 e. The van der Waals surface area contributed by atoms with Crippen LogP contribution in [0.3, 0.4) is 0 Å². The highest BCUT2D eigenvalue weighted by Gasteiger charge is 2.54. The van der Waals surface area contributed by atoms with Crippen molar-refractivity contribution in [2.75, 3.05) is 5.32 Å². The van der Waals surface area contributed by atoms with E-state index < -0.39 is 23.5 Å². The first-order chi connectivity index (χ1) is 14.1. The summed E-state index contributed by atoms with van der Waals surface area (Å²) in [7, 11) is 0. The van der Waals surface area contributed by atoms with E-state index in [1.54, 1.807) is 24.3 Å². The smallest absolute Gasteiger partial charge is 0.325 e. The van der Waals surface area contributed by atoms with Gasteiger partial charge < -0.3 is 16.0 Å². The third kappa shape index (κ3) is 4.17. The first-order valence-electron chi connectivity index (χ1n) is 10.5. The van der Waals surface area contributed by atoms with Crippen molar-refractivity contribution in [1.29, 1.82) is 0 Å². The lowest BCUT2D eigenvalue weighted by atomic mass is 9.97. The van der Waals surface area contributed by atoms with Gasteiger partial charge in [-0.2, -0.15) is 0 Å². The zero-order valence-electron chi connectivity index (χ0n) is 18.0. The van der Waals surface area contributed by atoms with Gasteiger partial charge in [0.25, 0.3) is 11.8 Å². The van der Waals surface area contributed by atoms with E-state index in [9.17, 15) is 19.2 Å². The molecule has 1 atom stereocenters. The number of hydrogen-bond donors (Lipinski definition) is 3. The lowest BCUT2D eigenvalue weighted by molar-refractivity contribution is -0.136. The van der Waals surface area contributed by atoms with Gasteiger partial charge in [0.1, 0.15) is 11.6 Å². The Hall–Kier alpha value is -2.90. The summed E-state index contributed by atoms with van der Waals surface area (Å²) in [6.45, 7) is 7.44. The highest BCUT2D eigenvalue weighted by Crippen LogP contribution is 2.35. The van der Waals surface area contributed by atoms with Gasteiger partial charge in [-0.15, -0.1) is 0 Å². The second-order valence-electron chi connectivity index (χ2n) is 8.83. The molecule has 1 aliphatic carbocycles. The van der Waals surface area contributed by atoms with E-state index in [4.69, 9.17) is 0 Å². The Morgan fingerprint density at radius 2 is 1.77 bits per heavy atom. The van der Waals surface area contributed by atoms with Crippen LogP contribution in [0.1, 0.15) is 70.2 Å². The van der Waals surface area contributed by atoms with Gasteiger partial charge in [0.05, 0.1) is 0 Å². The van der Waals surface area contributed by atoms with E-state index in [1.807, 2.05) is 20.8 Å². The molecule has 162 valence electrons. The summed E-state index contributed by atoms with van der Waals surface area (Å²) in [4.78, 5) is 51.2. The average Bonchev–Trinajstić information content (AvgIpc) is 3.26. The van der Waals surface area contributed by atoms with E-state index in [2.05, 4.69) is 16.0 Å². The number of anilines is 1. The molecule has 2 fully saturated rings. The molecule has 1 aromatic rings. The van der Waals surface area contributed by atoms with Gasteiger partial charge in [-0.3, -0.25) is 14.4 Å². The van der Waals surface area contributed by atoms with E-state index in [0.717, 1.165) is 24.2 Å². The first-order valence-corrected chi connectivity index (χ1v) is 10.5. The summed E-state index contributed by atoms with van der Waals surface area (Å²) in [6.07, 6.45) is 3.79. The van der Waals surface area contributed by atoms with Gasteiger partial charge in [0.2, 0.25) is 5.91 Å². The first kappa shape index (κ1) is 21.8. The quantitative estimate of drug-likeness (QED) is 0.622. The fourth-order valence-electron chi connectivity index (χ4n) is 3.85. The molecular formula is C22H30N4O4. The average molecular weight is 415 g/mol. The molecule has 8 heteroatoms. The summed E-state index contributed by atoms with van der Waals surface area (Å²) >= 11 is 0. The number of hydrogen-bond acceptors (Lipinski definition) is 4. The van der Waals surface area contributed by atoms with Crippen LogP contribution >= 0.6 is 0 Å². The van der Waals surface area contributed by atoms with Crippen molar-refractivity contribution >= 4 is 29.4 Å². The van der Waals surface area contributed by atoms with Crippen LogP contribution in [-0.2, 0) is 9.59 Å². The van der Waals surface area contributed by atoms with E-state index >= 15 is 0 Å². The Morgan fingerprint density at radius 1 is 1.17 bits per heavy atom. The van der Waals surface area contributed by atoms with Crippen LogP contribution in [0.5, 0.6) is 0 Å². The van der Waals surface area contributed by atoms with E-state index in [-0.39, 0.29) is 17.4 Å². The summed E-state index contributed by atoms with van der Waals surface area (Å²) < 4.78 is 0. The van der Waals surface area contributed by atoms with Gasteiger partial charge in [0, 0.05) is 16.8 Å². The maximum atomic E-state index is 12.8. The normalized spacial score (nSPS) is 19.0. The molecule has 1 unspecified atom stereocenters. The van der Waals surface area contributed by atoms with Crippen molar-refractivity contribution in [2.24, 2.45) is 0 Å². The van der Waals surface area contributed by atoms with Gasteiger partial charge in [-0.25, -0.2) is 9.69 Å². The summed E-state index contributed by atoms with van der Waals surface area (Å²) in [6, 6.07) is 5.05. The molecule has 0 aromatic heterocycles. The SMILES string of the molecule is CCC(C)(C)NC(=O)c1ccc(NC(=O)C(C)N2C(=O)NC3(CCCC3)C2=O)cc1. The number of carbonyl (C=O) groups is 4. The second-order valence-corrected chi connectivity index (χ2v) is 8.83. The third-order valence-electron chi connectivity index (χ3n) is 6.17. The number of nitrogens with zero attached hydrogens (tertiary/aromatic N) is 1. The Balaban J connectivity index is 1.64. The number of carbonyl (C=O) groups excluding carboxylic acids is 4. The third-order valence-corrected chi connectivity index (χ3v) is 6.17. The predicted octanol–water partition coefficient (Wildman–Crippen LogP) is 2.80. The molecule has 8 nitrogen and oxygen atoms in total. The lowest BCUT2D eigenvalue weighted by Gasteiger charge is -2.24. The van der Waals surface area contributed by atoms with Crippen molar-refractivity contribution in [3.63, 3.8) is 0 Å². The van der Waals surface area contributed by atoms with Gasteiger partial charge >= 0.3 is 6.03 Å². The minimum atomic E-state index is -0.939. The number of amides is 5. The molecule has 1 aliphatic heterocycles. The number of benzene rings is 1. The zero-order valence-corrected chi connectivity index (χ0v) is 18.0. The molecule has 1 spiro atoms. The second kappa shape index (κ2) is 8.08.